The molecule has 0 atom stereocenters. The molecule has 0 aromatic rings. The van der Waals surface area contributed by atoms with E-state index in [-0.39, 0.29) is 0 Å². The lowest BCUT2D eigenvalue weighted by atomic mass is 10.1. The molecule has 0 aromatic heterocycles. The fraction of sp³-hybridized carbons (Fsp3) is 0.556. The predicted molar refractivity (Wildman–Crippen MR) is 57.7 cm³/mol. The molecule has 0 unspecified atom stereocenters. The van der Waals surface area contributed by atoms with Crippen molar-refractivity contribution in [3.05, 3.63) is 22.3 Å². The van der Waals surface area contributed by atoms with Gasteiger partial charge in [0, 0.05) is 11.5 Å². The van der Waals surface area contributed by atoms with Gasteiger partial charge in [-0.15, -0.1) is 0 Å². The van der Waals surface area contributed by atoms with Crippen LogP contribution in [0.3, 0.4) is 0 Å². The Morgan fingerprint density at radius 2 is 1.36 bits per heavy atom. The van der Waals surface area contributed by atoms with E-state index in [1.807, 2.05) is 0 Å². The number of hydrogen-bond acceptors (Lipinski definition) is 2. The smallest absolute Gasteiger partial charge is 0.0122 e. The topological polar surface area (TPSA) is 0 Å². The van der Waals surface area contributed by atoms with E-state index in [9.17, 15) is 0 Å². The Balaban J connectivity index is 2.85. The first-order valence-electron chi connectivity index (χ1n) is 3.80. The highest BCUT2D eigenvalue weighted by atomic mass is 32.1. The quantitative estimate of drug-likeness (QED) is 0.609. The summed E-state index contributed by atoms with van der Waals surface area (Å²) in [7, 11) is 0. The third-order valence-corrected chi connectivity index (χ3v) is 3.20. The summed E-state index contributed by atoms with van der Waals surface area (Å²) < 4.78 is 0. The predicted octanol–water partition coefficient (Wildman–Crippen LogP) is 2.88. The number of thiol groups is 2. The van der Waals surface area contributed by atoms with Gasteiger partial charge in [0.25, 0.3) is 0 Å². The van der Waals surface area contributed by atoms with Crippen LogP contribution in [0.4, 0.5) is 0 Å². The van der Waals surface area contributed by atoms with Crippen molar-refractivity contribution < 1.29 is 0 Å². The summed E-state index contributed by atoms with van der Waals surface area (Å²) in [6.45, 7) is 4.36. The largest absolute Gasteiger partial charge is 0.175 e. The molecule has 0 saturated carbocycles. The van der Waals surface area contributed by atoms with Crippen molar-refractivity contribution in [1.82, 2.24) is 0 Å². The van der Waals surface area contributed by atoms with Gasteiger partial charge >= 0.3 is 0 Å². The molecule has 1 aliphatic carbocycles. The van der Waals surface area contributed by atoms with E-state index < -0.39 is 0 Å². The van der Waals surface area contributed by atoms with E-state index in [0.717, 1.165) is 17.9 Å². The van der Waals surface area contributed by atoms with Crippen LogP contribution in [0.5, 0.6) is 0 Å². The molecule has 1 aliphatic rings. The van der Waals surface area contributed by atoms with Crippen LogP contribution in [0.2, 0.25) is 0 Å². The average molecular weight is 186 g/mol. The molecule has 11 heavy (non-hydrogen) atoms. The van der Waals surface area contributed by atoms with Crippen LogP contribution in [0.25, 0.3) is 0 Å². The molecule has 0 fully saturated rings. The lowest BCUT2D eigenvalue weighted by molar-refractivity contribution is 1.15. The Hall–Kier alpha value is 0.180. The molecule has 0 radical (unpaired) electrons. The van der Waals surface area contributed by atoms with Gasteiger partial charge in [0.2, 0.25) is 0 Å². The lowest BCUT2D eigenvalue weighted by Gasteiger charge is -1.97. The van der Waals surface area contributed by atoms with Crippen molar-refractivity contribution in [2.24, 2.45) is 0 Å². The van der Waals surface area contributed by atoms with Gasteiger partial charge in [0.15, 0.2) is 0 Å². The van der Waals surface area contributed by atoms with Gasteiger partial charge in [-0.25, -0.2) is 0 Å². The van der Waals surface area contributed by atoms with Crippen molar-refractivity contribution in [2.75, 3.05) is 11.5 Å². The van der Waals surface area contributed by atoms with Crippen LogP contribution in [-0.4, -0.2) is 11.5 Å². The molecule has 0 amide bonds. The van der Waals surface area contributed by atoms with Gasteiger partial charge in [-0.3, -0.25) is 0 Å². The summed E-state index contributed by atoms with van der Waals surface area (Å²) in [4.78, 5) is 0. The molecule has 0 N–H and O–H groups in total. The summed E-state index contributed by atoms with van der Waals surface area (Å²) >= 11 is 8.57. The third-order valence-electron chi connectivity index (χ3n) is 2.43. The summed E-state index contributed by atoms with van der Waals surface area (Å²) in [6, 6.07) is 0. The maximum Gasteiger partial charge on any atom is 0.0122 e. The molecule has 1 rings (SSSR count). The fourth-order valence-corrected chi connectivity index (χ4v) is 2.10. The van der Waals surface area contributed by atoms with Gasteiger partial charge in [-0.05, 0) is 31.4 Å². The maximum atomic E-state index is 4.29. The summed E-state index contributed by atoms with van der Waals surface area (Å²) in [5.41, 5.74) is 5.80. The van der Waals surface area contributed by atoms with Gasteiger partial charge in [0.1, 0.15) is 0 Å². The standard InChI is InChI=1S/C9H14S2/c1-6-7(2)9(5-11)3-8(6)4-10/h10-11H,3-5H2,1-2H3. The highest BCUT2D eigenvalue weighted by Gasteiger charge is 2.15. The van der Waals surface area contributed by atoms with Gasteiger partial charge in [-0.2, -0.15) is 25.3 Å². The zero-order valence-electron chi connectivity index (χ0n) is 7.02. The highest BCUT2D eigenvalue weighted by molar-refractivity contribution is 7.80. The molecule has 0 aromatic carbocycles. The van der Waals surface area contributed by atoms with Crippen LogP contribution >= 0.6 is 25.3 Å². The Morgan fingerprint density at radius 1 is 1.00 bits per heavy atom. The molecule has 2 heteroatoms. The summed E-state index contributed by atoms with van der Waals surface area (Å²) in [5, 5.41) is 0. The minimum Gasteiger partial charge on any atom is -0.175 e. The second-order valence-corrected chi connectivity index (χ2v) is 3.58. The number of rotatable bonds is 2. The molecule has 0 heterocycles. The molecule has 0 saturated heterocycles. The van der Waals surface area contributed by atoms with Gasteiger partial charge in [-0.1, -0.05) is 11.1 Å². The molecule has 62 valence electrons. The Kier molecular flexibility index (Phi) is 3.14. The first-order chi connectivity index (χ1) is 5.20. The minimum absolute atomic E-state index is 0.889. The molecule has 0 aliphatic heterocycles. The van der Waals surface area contributed by atoms with Gasteiger partial charge in [0.05, 0.1) is 0 Å². The Bertz CT molecular complexity index is 200. The summed E-state index contributed by atoms with van der Waals surface area (Å²) in [6.07, 6.45) is 1.10. The first-order valence-corrected chi connectivity index (χ1v) is 5.06. The normalized spacial score (nSPS) is 18.5. The van der Waals surface area contributed by atoms with Crippen LogP contribution in [0.15, 0.2) is 22.3 Å². The van der Waals surface area contributed by atoms with E-state index in [4.69, 9.17) is 0 Å². The highest BCUT2D eigenvalue weighted by Crippen LogP contribution is 2.32. The van der Waals surface area contributed by atoms with Crippen molar-refractivity contribution >= 4 is 25.3 Å². The molecule has 0 nitrogen and oxygen atoms in total. The van der Waals surface area contributed by atoms with Crippen molar-refractivity contribution in [3.63, 3.8) is 0 Å². The third kappa shape index (κ3) is 1.67. The van der Waals surface area contributed by atoms with Crippen molar-refractivity contribution in [1.29, 1.82) is 0 Å². The molecule has 0 bridgehead atoms. The van der Waals surface area contributed by atoms with E-state index in [1.54, 1.807) is 0 Å². The van der Waals surface area contributed by atoms with Crippen LogP contribution in [0.1, 0.15) is 20.3 Å². The van der Waals surface area contributed by atoms with Crippen molar-refractivity contribution in [2.45, 2.75) is 20.3 Å². The average Bonchev–Trinajstić information content (AvgIpc) is 2.30. The Labute approximate surface area is 79.6 Å². The summed E-state index contributed by atoms with van der Waals surface area (Å²) in [5.74, 6) is 1.78. The van der Waals surface area contributed by atoms with E-state index in [1.165, 1.54) is 22.3 Å². The first kappa shape index (κ1) is 9.27. The monoisotopic (exact) mass is 186 g/mol. The zero-order valence-corrected chi connectivity index (χ0v) is 8.80. The van der Waals surface area contributed by atoms with Crippen LogP contribution in [0, 0.1) is 0 Å². The van der Waals surface area contributed by atoms with Crippen LogP contribution in [-0.2, 0) is 0 Å². The second-order valence-electron chi connectivity index (χ2n) is 2.95. The van der Waals surface area contributed by atoms with E-state index >= 15 is 0 Å². The van der Waals surface area contributed by atoms with E-state index in [0.29, 0.717) is 0 Å². The lowest BCUT2D eigenvalue weighted by Crippen LogP contribution is -1.85. The SMILES string of the molecule is CC1=C(CS)CC(CS)=C1C. The van der Waals surface area contributed by atoms with Crippen LogP contribution < -0.4 is 0 Å². The van der Waals surface area contributed by atoms with Gasteiger partial charge < -0.3 is 0 Å². The number of allylic oxidation sites excluding steroid dienone is 2. The molecular formula is C9H14S2. The zero-order chi connectivity index (χ0) is 8.43. The molecular weight excluding hydrogens is 172 g/mol. The second kappa shape index (κ2) is 3.72. The minimum atomic E-state index is 0.889. The maximum absolute atomic E-state index is 4.29. The van der Waals surface area contributed by atoms with Crippen molar-refractivity contribution in [3.8, 4) is 0 Å². The Morgan fingerprint density at radius 3 is 1.55 bits per heavy atom. The van der Waals surface area contributed by atoms with E-state index in [2.05, 4.69) is 39.1 Å². The number of hydrogen-bond donors (Lipinski definition) is 2. The molecule has 0 spiro atoms. The fourth-order valence-electron chi connectivity index (χ4n) is 1.40.